The van der Waals surface area contributed by atoms with Crippen LogP contribution in [0, 0.1) is 64.6 Å². The SMILES string of the molecule is C1CCC(OCC2CCC(N(C3CCC(COC4CCCCO4)CC3)C3CCC(C4(C5CCC(N(C6CCC(COC7CCCCO7)CC6)C6CCC(COC7CCCCO7)CC6)CC5)C5CCCCC5C5CCCCC54)CC3)CC2)OC1. The van der Waals surface area contributed by atoms with Crippen molar-refractivity contribution in [2.75, 3.05) is 52.9 Å². The molecule has 83 heavy (non-hydrogen) atoms. The summed E-state index contributed by atoms with van der Waals surface area (Å²) in [6.45, 7) is 7.16. The maximum absolute atomic E-state index is 6.48. The highest BCUT2D eigenvalue weighted by Gasteiger charge is 2.65. The summed E-state index contributed by atoms with van der Waals surface area (Å²) < 4.78 is 50.1. The molecule has 0 aromatic carbocycles. The van der Waals surface area contributed by atoms with Gasteiger partial charge in [0.05, 0.1) is 26.4 Å². The molecule has 13 fully saturated rings. The van der Waals surface area contributed by atoms with Gasteiger partial charge in [-0.25, -0.2) is 0 Å². The van der Waals surface area contributed by atoms with Crippen molar-refractivity contribution in [2.45, 2.75) is 344 Å². The van der Waals surface area contributed by atoms with E-state index < -0.39 is 0 Å². The Morgan fingerprint density at radius 1 is 0.253 bits per heavy atom. The topological polar surface area (TPSA) is 80.3 Å². The molecule has 10 nitrogen and oxygen atoms in total. The van der Waals surface area contributed by atoms with Crippen LogP contribution in [0.3, 0.4) is 0 Å². The van der Waals surface area contributed by atoms with Gasteiger partial charge in [-0.3, -0.25) is 9.80 Å². The zero-order chi connectivity index (χ0) is 55.6. The van der Waals surface area contributed by atoms with E-state index in [0.717, 1.165) is 150 Å². The number of ether oxygens (including phenoxy) is 8. The molecule has 9 saturated carbocycles. The number of hydrogen-bond donors (Lipinski definition) is 0. The van der Waals surface area contributed by atoms with Gasteiger partial charge >= 0.3 is 0 Å². The molecule has 474 valence electrons. The van der Waals surface area contributed by atoms with Crippen LogP contribution < -0.4 is 0 Å². The third-order valence-electron chi connectivity index (χ3n) is 26.7. The molecule has 13 rings (SSSR count). The lowest BCUT2D eigenvalue weighted by atomic mass is 9.48. The molecule has 4 aliphatic heterocycles. The lowest BCUT2D eigenvalue weighted by molar-refractivity contribution is -0.172. The molecule has 0 N–H and O–H groups in total. The summed E-state index contributed by atoms with van der Waals surface area (Å²) in [5.41, 5.74) is 0.586. The van der Waals surface area contributed by atoms with Crippen LogP contribution in [0.1, 0.15) is 283 Å². The fourth-order valence-corrected chi connectivity index (χ4v) is 22.7. The Morgan fingerprint density at radius 3 is 0.747 bits per heavy atom. The van der Waals surface area contributed by atoms with Crippen LogP contribution >= 0.6 is 0 Å². The van der Waals surface area contributed by atoms with Gasteiger partial charge in [-0.15, -0.1) is 0 Å². The summed E-state index contributed by atoms with van der Waals surface area (Å²) in [6.07, 6.45) is 60.3. The quantitative estimate of drug-likeness (QED) is 0.118. The summed E-state index contributed by atoms with van der Waals surface area (Å²) in [5, 5.41) is 0. The molecule has 8 unspecified atom stereocenters. The largest absolute Gasteiger partial charge is 0.353 e. The molecule has 8 atom stereocenters. The van der Waals surface area contributed by atoms with Gasteiger partial charge in [0, 0.05) is 62.7 Å². The van der Waals surface area contributed by atoms with Crippen LogP contribution in [0.2, 0.25) is 0 Å². The van der Waals surface area contributed by atoms with Gasteiger partial charge in [-0.2, -0.15) is 0 Å². The Bertz CT molecular complexity index is 1620. The second-order valence-corrected chi connectivity index (χ2v) is 31.2. The fourth-order valence-electron chi connectivity index (χ4n) is 22.7. The highest BCUT2D eigenvalue weighted by Crippen LogP contribution is 2.72. The predicted octanol–water partition coefficient (Wildman–Crippen LogP) is 16.7. The monoisotopic (exact) mass is 1160 g/mol. The lowest BCUT2D eigenvalue weighted by Gasteiger charge is -2.59. The van der Waals surface area contributed by atoms with Crippen LogP contribution in [0.15, 0.2) is 0 Å². The average molecular weight is 1160 g/mol. The Morgan fingerprint density at radius 2 is 0.494 bits per heavy atom. The first-order chi connectivity index (χ1) is 41.1. The number of rotatable bonds is 20. The summed E-state index contributed by atoms with van der Waals surface area (Å²) >= 11 is 0. The second-order valence-electron chi connectivity index (χ2n) is 31.2. The standard InChI is InChI=1S/C73H124N2O8/c1-3-15-67-65(13-1)66-14-2-4-16-68(66)73(67,57-29-41-63(42-30-57)74(59-33-21-53(22-34-59)49-80-69-17-5-9-45-76-69)60-35-23-54(24-36-60)50-81-70-18-6-10-46-77-70)58-31-43-64(44-32-58)75(61-37-25-55(26-38-61)51-82-71-19-7-11-47-78-71)62-39-27-56(28-40-62)52-83-72-20-8-12-48-79-72/h53-72H,1-52H2. The molecular formula is C73H124N2O8. The van der Waals surface area contributed by atoms with E-state index in [4.69, 9.17) is 37.9 Å². The third-order valence-corrected chi connectivity index (χ3v) is 26.7. The molecule has 4 saturated heterocycles. The van der Waals surface area contributed by atoms with Gasteiger partial charge in [0.15, 0.2) is 25.2 Å². The van der Waals surface area contributed by atoms with Gasteiger partial charge in [0.25, 0.3) is 0 Å². The first kappa shape index (κ1) is 61.5. The minimum Gasteiger partial charge on any atom is -0.353 e. The molecule has 4 heterocycles. The smallest absolute Gasteiger partial charge is 0.157 e. The zero-order valence-electron chi connectivity index (χ0n) is 53.0. The van der Waals surface area contributed by atoms with Gasteiger partial charge in [-0.05, 0) is 321 Å². The van der Waals surface area contributed by atoms with Gasteiger partial charge in [0.1, 0.15) is 0 Å². The normalized spacial score (nSPS) is 45.2. The third kappa shape index (κ3) is 15.0. The van der Waals surface area contributed by atoms with Crippen molar-refractivity contribution in [3.63, 3.8) is 0 Å². The van der Waals surface area contributed by atoms with Crippen LogP contribution in [0.25, 0.3) is 0 Å². The van der Waals surface area contributed by atoms with Gasteiger partial charge < -0.3 is 37.9 Å². The summed E-state index contributed by atoms with van der Waals surface area (Å²) in [4.78, 5) is 6.59. The number of fused-ring (bicyclic) bond motifs is 3. The molecule has 0 spiro atoms. The van der Waals surface area contributed by atoms with Crippen LogP contribution in [0.4, 0.5) is 0 Å². The maximum Gasteiger partial charge on any atom is 0.157 e. The molecule has 0 bridgehead atoms. The lowest BCUT2D eigenvalue weighted by Crippen LogP contribution is -2.56. The first-order valence-corrected chi connectivity index (χ1v) is 37.6. The van der Waals surface area contributed by atoms with E-state index >= 15 is 0 Å². The van der Waals surface area contributed by atoms with Crippen molar-refractivity contribution < 1.29 is 37.9 Å². The van der Waals surface area contributed by atoms with E-state index in [1.54, 1.807) is 25.7 Å². The molecule has 0 aromatic rings. The molecule has 0 aromatic heterocycles. The van der Waals surface area contributed by atoms with Crippen molar-refractivity contribution in [1.82, 2.24) is 9.80 Å². The van der Waals surface area contributed by atoms with Gasteiger partial charge in [-0.1, -0.05) is 25.7 Å². The molecular weight excluding hydrogens is 1030 g/mol. The van der Waals surface area contributed by atoms with E-state index in [9.17, 15) is 0 Å². The summed E-state index contributed by atoms with van der Waals surface area (Å²) in [7, 11) is 0. The zero-order valence-corrected chi connectivity index (χ0v) is 53.0. The van der Waals surface area contributed by atoms with Gasteiger partial charge in [0.2, 0.25) is 0 Å². The van der Waals surface area contributed by atoms with Crippen molar-refractivity contribution in [2.24, 2.45) is 64.6 Å². The Hall–Kier alpha value is -0.400. The van der Waals surface area contributed by atoms with Crippen LogP contribution in [-0.4, -0.2) is 124 Å². The molecule has 0 amide bonds. The van der Waals surface area contributed by atoms with E-state index in [2.05, 4.69) is 9.80 Å². The van der Waals surface area contributed by atoms with Crippen LogP contribution in [0.5, 0.6) is 0 Å². The molecule has 13 aliphatic rings. The maximum atomic E-state index is 6.48. The summed E-state index contributed by atoms with van der Waals surface area (Å²) in [5.74, 6) is 8.72. The molecule has 0 radical (unpaired) electrons. The number of nitrogens with zero attached hydrogens (tertiary/aromatic N) is 2. The van der Waals surface area contributed by atoms with E-state index in [1.807, 2.05) is 0 Å². The van der Waals surface area contributed by atoms with Crippen molar-refractivity contribution in [3.8, 4) is 0 Å². The Labute approximate surface area is 506 Å². The Balaban J connectivity index is 0.697. The first-order valence-electron chi connectivity index (χ1n) is 37.6. The Kier molecular flexibility index (Phi) is 22.7. The van der Waals surface area contributed by atoms with E-state index in [1.165, 1.54) is 231 Å². The van der Waals surface area contributed by atoms with E-state index in [0.29, 0.717) is 29.1 Å². The molecule has 10 heteroatoms. The fraction of sp³-hybridized carbons (Fsp3) is 1.00. The summed E-state index contributed by atoms with van der Waals surface area (Å²) in [6, 6.07) is 4.52. The highest BCUT2D eigenvalue weighted by molar-refractivity contribution is 5.14. The van der Waals surface area contributed by atoms with E-state index in [-0.39, 0.29) is 25.2 Å². The number of hydrogen-bond acceptors (Lipinski definition) is 10. The predicted molar refractivity (Wildman–Crippen MR) is 330 cm³/mol. The molecule has 9 aliphatic carbocycles. The van der Waals surface area contributed by atoms with Crippen molar-refractivity contribution in [3.05, 3.63) is 0 Å². The van der Waals surface area contributed by atoms with Crippen molar-refractivity contribution in [1.29, 1.82) is 0 Å². The second kappa shape index (κ2) is 30.6. The minimum atomic E-state index is 0.0452. The average Bonchev–Trinajstić information content (AvgIpc) is 1.91. The minimum absolute atomic E-state index is 0.0452. The van der Waals surface area contributed by atoms with Crippen LogP contribution in [-0.2, 0) is 37.9 Å². The highest BCUT2D eigenvalue weighted by atomic mass is 16.7. The van der Waals surface area contributed by atoms with Crippen molar-refractivity contribution >= 4 is 0 Å².